The molecule has 2 amide bonds. The lowest BCUT2D eigenvalue weighted by atomic mass is 10.1. The second kappa shape index (κ2) is 9.02. The van der Waals surface area contributed by atoms with Gasteiger partial charge in [-0.2, -0.15) is 0 Å². The van der Waals surface area contributed by atoms with E-state index in [0.717, 1.165) is 25.9 Å². The number of amides is 2. The van der Waals surface area contributed by atoms with Gasteiger partial charge >= 0.3 is 0 Å². The van der Waals surface area contributed by atoms with Crippen molar-refractivity contribution in [3.8, 4) is 0 Å². The van der Waals surface area contributed by atoms with Gasteiger partial charge in [0.1, 0.15) is 0 Å². The van der Waals surface area contributed by atoms with Gasteiger partial charge in [-0.1, -0.05) is 60.3 Å². The Balaban J connectivity index is 1.51. The number of nitrogens with one attached hydrogen (secondary N) is 1. The third kappa shape index (κ3) is 4.20. The zero-order chi connectivity index (χ0) is 21.9. The first-order chi connectivity index (χ1) is 15.7. The number of anilines is 1. The smallest absolute Gasteiger partial charge is 0.259 e. The quantitative estimate of drug-likeness (QED) is 0.401. The molecule has 2 heterocycles. The van der Waals surface area contributed by atoms with Gasteiger partial charge in [-0.25, -0.2) is 0 Å². The van der Waals surface area contributed by atoms with Crippen LogP contribution in [0.4, 0.5) is 5.69 Å². The van der Waals surface area contributed by atoms with Gasteiger partial charge < -0.3 is 10.2 Å². The maximum absolute atomic E-state index is 13.6. The van der Waals surface area contributed by atoms with Crippen molar-refractivity contribution in [2.24, 2.45) is 0 Å². The summed E-state index contributed by atoms with van der Waals surface area (Å²) in [7, 11) is 0. The number of fused-ring (bicyclic) bond motifs is 2. The fourth-order valence-corrected chi connectivity index (χ4v) is 5.37. The second-order valence-corrected chi connectivity index (χ2v) is 9.54. The zero-order valence-corrected chi connectivity index (χ0v) is 18.8. The average Bonchev–Trinajstić information content (AvgIpc) is 3.32. The molecule has 1 N–H and O–H groups in total. The summed E-state index contributed by atoms with van der Waals surface area (Å²) in [6.45, 7) is 0.919. The molecular weight excluding hydrogens is 436 g/mol. The minimum atomic E-state index is -0.153. The number of thiophene rings is 1. The fraction of sp³-hybridized carbons (Fsp3) is 0.0769. The standard InChI is InChI=1S/C26H20N2O2S2/c29-25(27-16-20-9-6-14-31-20)19-12-13-24-22(15-19)28(17-18-7-2-1-3-8-18)26(30)21-10-4-5-11-23(21)32-24/h1-15H,16-17H2,(H,27,29). The molecular formula is C26H20N2O2S2. The Kier molecular flexibility index (Phi) is 5.79. The van der Waals surface area contributed by atoms with E-state index in [1.165, 1.54) is 0 Å². The molecule has 5 rings (SSSR count). The molecule has 0 radical (unpaired) electrons. The third-order valence-corrected chi connectivity index (χ3v) is 7.30. The Morgan fingerprint density at radius 3 is 2.50 bits per heavy atom. The lowest BCUT2D eigenvalue weighted by molar-refractivity contribution is 0.0947. The van der Waals surface area contributed by atoms with Gasteiger partial charge in [-0.15, -0.1) is 11.3 Å². The van der Waals surface area contributed by atoms with Crippen LogP contribution >= 0.6 is 23.1 Å². The number of hydrogen-bond donors (Lipinski definition) is 1. The summed E-state index contributed by atoms with van der Waals surface area (Å²) >= 11 is 3.17. The molecule has 0 fully saturated rings. The molecule has 1 aliphatic rings. The van der Waals surface area contributed by atoms with Gasteiger partial charge in [0, 0.05) is 20.2 Å². The number of rotatable bonds is 5. The van der Waals surface area contributed by atoms with Crippen LogP contribution in [0.25, 0.3) is 0 Å². The number of hydrogen-bond acceptors (Lipinski definition) is 4. The van der Waals surface area contributed by atoms with E-state index in [0.29, 0.717) is 24.2 Å². The van der Waals surface area contributed by atoms with E-state index in [2.05, 4.69) is 5.32 Å². The number of carbonyl (C=O) groups is 2. The van der Waals surface area contributed by atoms with Crippen molar-refractivity contribution >= 4 is 40.6 Å². The molecule has 0 saturated heterocycles. The highest BCUT2D eigenvalue weighted by Gasteiger charge is 2.28. The molecule has 1 aliphatic heterocycles. The fourth-order valence-electron chi connectivity index (χ4n) is 3.67. The molecule has 0 spiro atoms. The summed E-state index contributed by atoms with van der Waals surface area (Å²) in [5.74, 6) is -0.216. The van der Waals surface area contributed by atoms with Crippen LogP contribution in [0.15, 0.2) is 100 Å². The Labute approximate surface area is 194 Å². The van der Waals surface area contributed by atoms with Gasteiger partial charge in [-0.05, 0) is 47.3 Å². The maximum Gasteiger partial charge on any atom is 0.259 e. The predicted molar refractivity (Wildman–Crippen MR) is 129 cm³/mol. The van der Waals surface area contributed by atoms with Crippen molar-refractivity contribution in [3.05, 3.63) is 112 Å². The van der Waals surface area contributed by atoms with Gasteiger partial charge in [0.2, 0.25) is 0 Å². The van der Waals surface area contributed by atoms with Crippen LogP contribution in [0, 0.1) is 0 Å². The van der Waals surface area contributed by atoms with Crippen LogP contribution in [0.3, 0.4) is 0 Å². The summed E-state index contributed by atoms with van der Waals surface area (Å²) in [6.07, 6.45) is 0. The summed E-state index contributed by atoms with van der Waals surface area (Å²) in [5.41, 5.74) is 3.00. The Morgan fingerprint density at radius 1 is 0.875 bits per heavy atom. The molecule has 3 aromatic carbocycles. The highest BCUT2D eigenvalue weighted by atomic mass is 32.2. The number of carbonyl (C=O) groups excluding carboxylic acids is 2. The van der Waals surface area contributed by atoms with Crippen molar-refractivity contribution in [2.75, 3.05) is 4.90 Å². The van der Waals surface area contributed by atoms with E-state index in [-0.39, 0.29) is 11.8 Å². The molecule has 0 bridgehead atoms. The van der Waals surface area contributed by atoms with Crippen LogP contribution in [0.1, 0.15) is 31.2 Å². The first kappa shape index (κ1) is 20.5. The van der Waals surface area contributed by atoms with Crippen molar-refractivity contribution in [1.29, 1.82) is 0 Å². The Hall–Kier alpha value is -3.35. The van der Waals surface area contributed by atoms with Crippen molar-refractivity contribution in [3.63, 3.8) is 0 Å². The van der Waals surface area contributed by atoms with Gasteiger partial charge in [0.05, 0.1) is 24.3 Å². The SMILES string of the molecule is O=C(NCc1cccs1)c1ccc2c(c1)N(Cc1ccccc1)C(=O)c1ccccc1S2. The van der Waals surface area contributed by atoms with Crippen LogP contribution in [0.5, 0.6) is 0 Å². The molecule has 32 heavy (non-hydrogen) atoms. The van der Waals surface area contributed by atoms with Crippen LogP contribution < -0.4 is 10.2 Å². The normalized spacial score (nSPS) is 12.6. The lowest BCUT2D eigenvalue weighted by Gasteiger charge is -2.24. The van der Waals surface area contributed by atoms with Crippen molar-refractivity contribution in [1.82, 2.24) is 5.32 Å². The third-order valence-electron chi connectivity index (χ3n) is 5.28. The summed E-state index contributed by atoms with van der Waals surface area (Å²) in [4.78, 5) is 31.2. The topological polar surface area (TPSA) is 49.4 Å². The molecule has 0 atom stereocenters. The predicted octanol–water partition coefficient (Wildman–Crippen LogP) is 5.99. The first-order valence-electron chi connectivity index (χ1n) is 10.3. The van der Waals surface area contributed by atoms with Gasteiger partial charge in [0.15, 0.2) is 0 Å². The molecule has 1 aromatic heterocycles. The minimum absolute atomic E-state index is 0.0631. The molecule has 158 valence electrons. The summed E-state index contributed by atoms with van der Waals surface area (Å²) < 4.78 is 0. The van der Waals surface area contributed by atoms with Crippen LogP contribution in [-0.2, 0) is 13.1 Å². The molecule has 4 nitrogen and oxygen atoms in total. The highest BCUT2D eigenvalue weighted by molar-refractivity contribution is 7.99. The lowest BCUT2D eigenvalue weighted by Crippen LogP contribution is -2.31. The zero-order valence-electron chi connectivity index (χ0n) is 17.2. The Morgan fingerprint density at radius 2 is 1.69 bits per heavy atom. The number of nitrogens with zero attached hydrogens (tertiary/aromatic N) is 1. The molecule has 0 aliphatic carbocycles. The summed E-state index contributed by atoms with van der Waals surface area (Å²) in [5, 5.41) is 4.97. The largest absolute Gasteiger partial charge is 0.347 e. The van der Waals surface area contributed by atoms with Gasteiger partial charge in [-0.3, -0.25) is 9.59 Å². The van der Waals surface area contributed by atoms with Crippen molar-refractivity contribution < 1.29 is 9.59 Å². The molecule has 6 heteroatoms. The van der Waals surface area contributed by atoms with Gasteiger partial charge in [0.25, 0.3) is 11.8 Å². The Bertz CT molecular complexity index is 1270. The summed E-state index contributed by atoms with van der Waals surface area (Å²) in [6, 6.07) is 27.1. The van der Waals surface area contributed by atoms with E-state index in [9.17, 15) is 9.59 Å². The highest BCUT2D eigenvalue weighted by Crippen LogP contribution is 2.42. The monoisotopic (exact) mass is 456 g/mol. The van der Waals surface area contributed by atoms with E-state index < -0.39 is 0 Å². The second-order valence-electron chi connectivity index (χ2n) is 7.42. The van der Waals surface area contributed by atoms with Crippen LogP contribution in [-0.4, -0.2) is 11.8 Å². The molecule has 0 saturated carbocycles. The maximum atomic E-state index is 13.6. The van der Waals surface area contributed by atoms with E-state index in [1.807, 2.05) is 90.3 Å². The van der Waals surface area contributed by atoms with E-state index in [4.69, 9.17) is 0 Å². The van der Waals surface area contributed by atoms with E-state index >= 15 is 0 Å². The first-order valence-corrected chi connectivity index (χ1v) is 12.0. The number of benzene rings is 3. The molecule has 4 aromatic rings. The molecule has 0 unspecified atom stereocenters. The van der Waals surface area contributed by atoms with Crippen LogP contribution in [0.2, 0.25) is 0 Å². The van der Waals surface area contributed by atoms with E-state index in [1.54, 1.807) is 28.0 Å². The average molecular weight is 457 g/mol. The van der Waals surface area contributed by atoms with Crippen molar-refractivity contribution in [2.45, 2.75) is 22.9 Å². The minimum Gasteiger partial charge on any atom is -0.347 e.